The lowest BCUT2D eigenvalue weighted by Gasteiger charge is -2.39. The molecule has 3 nitrogen and oxygen atoms in total. The van der Waals surface area contributed by atoms with Gasteiger partial charge in [-0.1, -0.05) is 34.6 Å². The molecule has 1 amide bonds. The van der Waals surface area contributed by atoms with E-state index in [0.717, 1.165) is 12.5 Å². The Balaban J connectivity index is 1.86. The summed E-state index contributed by atoms with van der Waals surface area (Å²) in [6.07, 6.45) is 4.37. The highest BCUT2D eigenvalue weighted by molar-refractivity contribution is 5.76. The van der Waals surface area contributed by atoms with Gasteiger partial charge in [0.1, 0.15) is 0 Å². The molecule has 2 N–H and O–H groups in total. The van der Waals surface area contributed by atoms with Crippen LogP contribution in [0.1, 0.15) is 60.3 Å². The fourth-order valence-electron chi connectivity index (χ4n) is 4.16. The summed E-state index contributed by atoms with van der Waals surface area (Å²) in [7, 11) is 0. The molecule has 3 atom stereocenters. The number of hydrogen-bond donors (Lipinski definition) is 2. The molecule has 19 heavy (non-hydrogen) atoms. The van der Waals surface area contributed by atoms with Crippen LogP contribution in [0.2, 0.25) is 0 Å². The molecule has 0 aliphatic heterocycles. The summed E-state index contributed by atoms with van der Waals surface area (Å²) in [5.41, 5.74) is 0.667. The van der Waals surface area contributed by atoms with Crippen LogP contribution >= 0.6 is 0 Å². The van der Waals surface area contributed by atoms with Crippen LogP contribution in [-0.2, 0) is 4.79 Å². The second-order valence-electron chi connectivity index (χ2n) is 7.59. The zero-order valence-corrected chi connectivity index (χ0v) is 13.2. The van der Waals surface area contributed by atoms with E-state index in [9.17, 15) is 4.79 Å². The van der Waals surface area contributed by atoms with Crippen LogP contribution in [0.3, 0.4) is 0 Å². The lowest BCUT2D eigenvalue weighted by Crippen LogP contribution is -2.47. The monoisotopic (exact) mass is 266 g/mol. The van der Waals surface area contributed by atoms with Crippen LogP contribution in [0.15, 0.2) is 0 Å². The molecule has 110 valence electrons. The van der Waals surface area contributed by atoms with Crippen molar-refractivity contribution >= 4 is 5.91 Å². The van der Waals surface area contributed by atoms with Gasteiger partial charge in [0.2, 0.25) is 5.91 Å². The van der Waals surface area contributed by atoms with Gasteiger partial charge < -0.3 is 10.6 Å². The van der Waals surface area contributed by atoms with Gasteiger partial charge in [-0.05, 0) is 36.0 Å². The van der Waals surface area contributed by atoms with Crippen molar-refractivity contribution in [2.45, 2.75) is 72.4 Å². The van der Waals surface area contributed by atoms with E-state index in [1.807, 2.05) is 0 Å². The van der Waals surface area contributed by atoms with Gasteiger partial charge in [-0.15, -0.1) is 0 Å². The number of rotatable bonds is 5. The lowest BCUT2D eigenvalue weighted by atomic mass is 9.69. The Labute approximate surface area is 117 Å². The summed E-state index contributed by atoms with van der Waals surface area (Å²) in [6, 6.07) is 0.833. The van der Waals surface area contributed by atoms with Crippen molar-refractivity contribution in [2.75, 3.05) is 6.54 Å². The zero-order chi connectivity index (χ0) is 14.3. The van der Waals surface area contributed by atoms with Gasteiger partial charge in [0.05, 0.1) is 0 Å². The number of amides is 1. The molecule has 3 unspecified atom stereocenters. The van der Waals surface area contributed by atoms with Gasteiger partial charge in [0, 0.05) is 25.0 Å². The zero-order valence-electron chi connectivity index (χ0n) is 13.2. The Morgan fingerprint density at radius 1 is 1.32 bits per heavy atom. The summed E-state index contributed by atoms with van der Waals surface area (Å²) in [5, 5.41) is 6.60. The summed E-state index contributed by atoms with van der Waals surface area (Å²) < 4.78 is 0. The van der Waals surface area contributed by atoms with Gasteiger partial charge in [-0.2, -0.15) is 0 Å². The minimum Gasteiger partial charge on any atom is -0.353 e. The normalized spacial score (nSPS) is 35.9. The number of carbonyl (C=O) groups excluding carboxylic acids is 1. The average Bonchev–Trinajstić information content (AvgIpc) is 2.61. The Kier molecular flexibility index (Phi) is 3.97. The molecule has 2 fully saturated rings. The van der Waals surface area contributed by atoms with E-state index in [-0.39, 0.29) is 5.91 Å². The molecule has 2 saturated carbocycles. The summed E-state index contributed by atoms with van der Waals surface area (Å²) in [5.74, 6) is 0.999. The van der Waals surface area contributed by atoms with Crippen molar-refractivity contribution in [3.63, 3.8) is 0 Å². The number of nitrogens with one attached hydrogen (secondary N) is 2. The van der Waals surface area contributed by atoms with Gasteiger partial charge in [0.15, 0.2) is 0 Å². The van der Waals surface area contributed by atoms with Gasteiger partial charge >= 0.3 is 0 Å². The Morgan fingerprint density at radius 2 is 2.00 bits per heavy atom. The van der Waals surface area contributed by atoms with Crippen molar-refractivity contribution in [3.8, 4) is 0 Å². The fourth-order valence-corrected chi connectivity index (χ4v) is 4.16. The van der Waals surface area contributed by atoms with Crippen molar-refractivity contribution in [1.29, 1.82) is 0 Å². The van der Waals surface area contributed by atoms with Crippen molar-refractivity contribution in [1.82, 2.24) is 10.6 Å². The quantitative estimate of drug-likeness (QED) is 0.803. The predicted molar refractivity (Wildman–Crippen MR) is 78.9 cm³/mol. The van der Waals surface area contributed by atoms with Crippen LogP contribution in [0.4, 0.5) is 0 Å². The molecular weight excluding hydrogens is 236 g/mol. The topological polar surface area (TPSA) is 41.1 Å². The van der Waals surface area contributed by atoms with Gasteiger partial charge in [-0.25, -0.2) is 0 Å². The average molecular weight is 266 g/mol. The Hall–Kier alpha value is -0.570. The van der Waals surface area contributed by atoms with E-state index in [2.05, 4.69) is 45.3 Å². The third kappa shape index (κ3) is 2.54. The molecule has 0 radical (unpaired) electrons. The van der Waals surface area contributed by atoms with Crippen LogP contribution < -0.4 is 10.6 Å². The van der Waals surface area contributed by atoms with Crippen LogP contribution in [0.25, 0.3) is 0 Å². The second-order valence-corrected chi connectivity index (χ2v) is 7.59. The maximum atomic E-state index is 12.1. The first-order chi connectivity index (χ1) is 8.77. The minimum atomic E-state index is 0.211. The van der Waals surface area contributed by atoms with E-state index in [4.69, 9.17) is 0 Å². The van der Waals surface area contributed by atoms with Crippen LogP contribution in [-0.4, -0.2) is 24.5 Å². The van der Waals surface area contributed by atoms with E-state index in [1.165, 1.54) is 19.3 Å². The molecule has 2 bridgehead atoms. The van der Waals surface area contributed by atoms with E-state index >= 15 is 0 Å². The molecule has 2 rings (SSSR count). The molecule has 0 saturated heterocycles. The smallest absolute Gasteiger partial charge is 0.221 e. The van der Waals surface area contributed by atoms with Gasteiger partial charge in [0.25, 0.3) is 0 Å². The van der Waals surface area contributed by atoms with E-state index < -0.39 is 0 Å². The first-order valence-corrected chi connectivity index (χ1v) is 7.80. The largest absolute Gasteiger partial charge is 0.353 e. The predicted octanol–water partition coefficient (Wildman–Crippen LogP) is 2.71. The standard InChI is InChI=1S/C16H30N2O/c1-11(2)17-9-7-14(19)18-13-10-12-6-8-16(13,5)15(12,3)4/h11-13,17H,6-10H2,1-5H3,(H,18,19). The van der Waals surface area contributed by atoms with Gasteiger partial charge in [-0.3, -0.25) is 4.79 Å². The molecule has 0 aromatic rings. The van der Waals surface area contributed by atoms with Crippen molar-refractivity contribution < 1.29 is 4.79 Å². The molecule has 2 aliphatic carbocycles. The molecule has 0 heterocycles. The number of fused-ring (bicyclic) bond motifs is 2. The molecule has 0 aromatic heterocycles. The lowest BCUT2D eigenvalue weighted by molar-refractivity contribution is -0.122. The highest BCUT2D eigenvalue weighted by Gasteiger charge is 2.61. The Bertz CT molecular complexity index is 351. The van der Waals surface area contributed by atoms with Crippen molar-refractivity contribution in [2.24, 2.45) is 16.7 Å². The summed E-state index contributed by atoms with van der Waals surface area (Å²) >= 11 is 0. The fraction of sp³-hybridized carbons (Fsp3) is 0.938. The van der Waals surface area contributed by atoms with Crippen LogP contribution in [0, 0.1) is 16.7 Å². The first-order valence-electron chi connectivity index (χ1n) is 7.80. The molecule has 3 heteroatoms. The second kappa shape index (κ2) is 5.08. The molecule has 0 aromatic carbocycles. The van der Waals surface area contributed by atoms with E-state index in [0.29, 0.717) is 29.3 Å². The summed E-state index contributed by atoms with van der Waals surface area (Å²) in [6.45, 7) is 12.1. The Morgan fingerprint density at radius 3 is 2.47 bits per heavy atom. The number of carbonyl (C=O) groups is 1. The maximum Gasteiger partial charge on any atom is 0.221 e. The minimum absolute atomic E-state index is 0.211. The summed E-state index contributed by atoms with van der Waals surface area (Å²) in [4.78, 5) is 12.1. The number of hydrogen-bond acceptors (Lipinski definition) is 2. The third-order valence-electron chi connectivity index (χ3n) is 6.03. The highest BCUT2D eigenvalue weighted by atomic mass is 16.1. The highest BCUT2D eigenvalue weighted by Crippen LogP contribution is 2.65. The molecular formula is C16H30N2O. The molecule has 2 aliphatic rings. The molecule has 0 spiro atoms. The maximum absolute atomic E-state index is 12.1. The van der Waals surface area contributed by atoms with Crippen LogP contribution in [0.5, 0.6) is 0 Å². The first kappa shape index (κ1) is 14.8. The third-order valence-corrected chi connectivity index (χ3v) is 6.03. The van der Waals surface area contributed by atoms with Crippen molar-refractivity contribution in [3.05, 3.63) is 0 Å². The van der Waals surface area contributed by atoms with E-state index in [1.54, 1.807) is 0 Å². The SMILES string of the molecule is CC(C)NCCC(=O)NC1CC2CCC1(C)C2(C)C.